The van der Waals surface area contributed by atoms with Gasteiger partial charge >= 0.3 is 5.97 Å². The van der Waals surface area contributed by atoms with Crippen LogP contribution in [0.3, 0.4) is 0 Å². The number of benzene rings is 2. The predicted octanol–water partition coefficient (Wildman–Crippen LogP) is 5.48. The second-order valence-corrected chi connectivity index (χ2v) is 14.9. The van der Waals surface area contributed by atoms with E-state index in [-0.39, 0.29) is 6.04 Å². The highest BCUT2D eigenvalue weighted by Gasteiger charge is 2.75. The van der Waals surface area contributed by atoms with Gasteiger partial charge in [-0.3, -0.25) is 0 Å². The first-order valence-corrected chi connectivity index (χ1v) is 15.3. The zero-order valence-electron chi connectivity index (χ0n) is 21.9. The normalized spacial score (nSPS) is 25.7. The number of allylic oxidation sites excluding steroid dienone is 1. The summed E-state index contributed by atoms with van der Waals surface area (Å²) in [4.78, 5) is 14.7. The van der Waals surface area contributed by atoms with Crippen molar-refractivity contribution in [3.05, 3.63) is 76.8 Å². The van der Waals surface area contributed by atoms with Crippen molar-refractivity contribution in [1.29, 1.82) is 0 Å². The molecule has 9 heteroatoms. The molecule has 4 rings (SSSR count). The van der Waals surface area contributed by atoms with Gasteiger partial charge in [-0.05, 0) is 56.9 Å². The van der Waals surface area contributed by atoms with E-state index in [1.54, 1.807) is 32.9 Å². The smallest absolute Gasteiger partial charge is 0.328 e. The number of hydrogen-bond donors (Lipinski definition) is 2. The first kappa shape index (κ1) is 28.2. The molecule has 3 unspecified atom stereocenters. The molecule has 1 aliphatic carbocycles. The molecule has 200 valence electrons. The second-order valence-electron chi connectivity index (χ2n) is 11.1. The lowest BCUT2D eigenvalue weighted by atomic mass is 9.90. The number of thioether (sulfide) groups is 1. The molecule has 1 heterocycles. The van der Waals surface area contributed by atoms with Gasteiger partial charge in [0.1, 0.15) is 15.7 Å². The summed E-state index contributed by atoms with van der Waals surface area (Å²) in [5, 5.41) is 4.06. The first-order valence-electron chi connectivity index (χ1n) is 12.5. The van der Waals surface area contributed by atoms with E-state index in [1.165, 1.54) is 11.8 Å². The first-order chi connectivity index (χ1) is 17.3. The van der Waals surface area contributed by atoms with Crippen LogP contribution >= 0.6 is 23.4 Å². The number of sulfonamides is 1. The molecule has 37 heavy (non-hydrogen) atoms. The van der Waals surface area contributed by atoms with Crippen LogP contribution in [0.15, 0.2) is 60.7 Å². The number of rotatable bonds is 9. The minimum atomic E-state index is -3.92. The summed E-state index contributed by atoms with van der Waals surface area (Å²) in [6.45, 7) is 9.87. The molecule has 3 atom stereocenters. The Morgan fingerprint density at radius 1 is 1.14 bits per heavy atom. The van der Waals surface area contributed by atoms with Crippen LogP contribution in [0.4, 0.5) is 0 Å². The van der Waals surface area contributed by atoms with Crippen molar-refractivity contribution in [2.75, 3.05) is 6.54 Å². The molecule has 0 aromatic heterocycles. The highest BCUT2D eigenvalue weighted by Crippen LogP contribution is 2.59. The number of hydrogen-bond acceptors (Lipinski definition) is 6. The van der Waals surface area contributed by atoms with E-state index in [1.807, 2.05) is 62.4 Å². The van der Waals surface area contributed by atoms with E-state index >= 15 is 0 Å². The second kappa shape index (κ2) is 10.4. The molecule has 0 saturated heterocycles. The molecule has 1 fully saturated rings. The topological polar surface area (TPSA) is 84.5 Å². The van der Waals surface area contributed by atoms with Crippen LogP contribution in [0.1, 0.15) is 58.6 Å². The summed E-state index contributed by atoms with van der Waals surface area (Å²) in [6, 6.07) is 17.1. The minimum Gasteiger partial charge on any atom is -0.459 e. The molecule has 0 radical (unpaired) electrons. The number of carbonyl (C=O) groups excluding carboxylic acids is 1. The summed E-state index contributed by atoms with van der Waals surface area (Å²) in [7, 11) is -3.92. The van der Waals surface area contributed by atoms with Crippen LogP contribution in [-0.4, -0.2) is 42.7 Å². The van der Waals surface area contributed by atoms with Crippen LogP contribution < -0.4 is 10.0 Å². The van der Waals surface area contributed by atoms with E-state index in [4.69, 9.17) is 16.3 Å². The van der Waals surface area contributed by atoms with Crippen molar-refractivity contribution in [1.82, 2.24) is 10.0 Å². The van der Waals surface area contributed by atoms with Crippen molar-refractivity contribution in [3.63, 3.8) is 0 Å². The molecule has 2 aromatic carbocycles. The molecule has 0 amide bonds. The lowest BCUT2D eigenvalue weighted by molar-refractivity contribution is -0.159. The summed E-state index contributed by atoms with van der Waals surface area (Å²) in [6.07, 6.45) is 2.58. The molecule has 0 spiro atoms. The largest absolute Gasteiger partial charge is 0.459 e. The monoisotopic (exact) mass is 562 g/mol. The fourth-order valence-corrected chi connectivity index (χ4v) is 8.10. The van der Waals surface area contributed by atoms with Crippen LogP contribution in [0.25, 0.3) is 4.91 Å². The Morgan fingerprint density at radius 2 is 1.78 bits per heavy atom. The maximum absolute atomic E-state index is 13.8. The van der Waals surface area contributed by atoms with Crippen molar-refractivity contribution in [3.8, 4) is 0 Å². The quantitative estimate of drug-likeness (QED) is 0.394. The predicted molar refractivity (Wildman–Crippen MR) is 152 cm³/mol. The molecule has 1 aliphatic heterocycles. The molecule has 2 aromatic rings. The number of ether oxygens (including phenoxy) is 1. The number of esters is 1. The van der Waals surface area contributed by atoms with Crippen LogP contribution in [0, 0.1) is 0 Å². The van der Waals surface area contributed by atoms with Gasteiger partial charge in [0, 0.05) is 27.9 Å². The molecule has 2 aliphatic rings. The van der Waals surface area contributed by atoms with Gasteiger partial charge in [0.05, 0.1) is 0 Å². The summed E-state index contributed by atoms with van der Waals surface area (Å²) >= 11 is 7.30. The van der Waals surface area contributed by atoms with E-state index in [9.17, 15) is 13.2 Å². The van der Waals surface area contributed by atoms with Gasteiger partial charge < -0.3 is 10.1 Å². The van der Waals surface area contributed by atoms with Crippen LogP contribution in [-0.2, 0) is 25.0 Å². The fraction of sp³-hybridized carbons (Fsp3) is 0.464. The van der Waals surface area contributed by atoms with Gasteiger partial charge in [0.25, 0.3) is 0 Å². The van der Waals surface area contributed by atoms with E-state index < -0.39 is 37.1 Å². The van der Waals surface area contributed by atoms with E-state index in [2.05, 4.69) is 10.0 Å². The molecule has 1 saturated carbocycles. The summed E-state index contributed by atoms with van der Waals surface area (Å²) in [5.41, 5.74) is -1.14. The zero-order valence-corrected chi connectivity index (χ0v) is 24.3. The average molecular weight is 563 g/mol. The maximum atomic E-state index is 13.8. The molecule has 6 nitrogen and oxygen atoms in total. The van der Waals surface area contributed by atoms with Crippen molar-refractivity contribution >= 4 is 44.3 Å². The number of nitrogens with one attached hydrogen (secondary N) is 2. The lowest BCUT2D eigenvalue weighted by Crippen LogP contribution is -2.55. The Balaban J connectivity index is 1.66. The Morgan fingerprint density at radius 3 is 2.38 bits per heavy atom. The van der Waals surface area contributed by atoms with Gasteiger partial charge in [-0.25, -0.2) is 13.2 Å². The van der Waals surface area contributed by atoms with Gasteiger partial charge in [0.15, 0.2) is 0 Å². The molecule has 0 bridgehead atoms. The highest BCUT2D eigenvalue weighted by molar-refractivity contribution is 8.18. The molecule has 2 N–H and O–H groups in total. The average Bonchev–Trinajstić information content (AvgIpc) is 3.19. The fourth-order valence-electron chi connectivity index (χ4n) is 4.76. The molecular weight excluding hydrogens is 528 g/mol. The highest BCUT2D eigenvalue weighted by atomic mass is 35.5. The van der Waals surface area contributed by atoms with Crippen LogP contribution in [0.2, 0.25) is 5.02 Å². The Kier molecular flexibility index (Phi) is 7.90. The SMILES string of the molecule is CC(C)NCC1(c2ccccc2)CC1(NS(=O)(=O)C1CC=C(c2ccc(Cl)cc2)S1)C(=O)OC(C)(C)C. The Bertz CT molecular complexity index is 1270. The van der Waals surface area contributed by atoms with Gasteiger partial charge in [-0.1, -0.05) is 74.0 Å². The van der Waals surface area contributed by atoms with Gasteiger partial charge in [-0.15, -0.1) is 11.8 Å². The lowest BCUT2D eigenvalue weighted by Gasteiger charge is -2.31. The Labute approximate surface area is 229 Å². The summed E-state index contributed by atoms with van der Waals surface area (Å²) < 4.78 is 35.6. The molecular formula is C28H35ClN2O4S2. The third-order valence-electron chi connectivity index (χ3n) is 6.69. The number of halogens is 1. The Hall–Kier alpha value is -1.84. The van der Waals surface area contributed by atoms with Crippen molar-refractivity contribution in [2.45, 2.75) is 74.6 Å². The van der Waals surface area contributed by atoms with Crippen LogP contribution in [0.5, 0.6) is 0 Å². The minimum absolute atomic E-state index is 0.158. The maximum Gasteiger partial charge on any atom is 0.328 e. The third-order valence-corrected chi connectivity index (χ3v) is 10.6. The van der Waals surface area contributed by atoms with E-state index in [0.29, 0.717) is 24.4 Å². The summed E-state index contributed by atoms with van der Waals surface area (Å²) in [5.74, 6) is -0.549. The van der Waals surface area contributed by atoms with Gasteiger partial charge in [0.2, 0.25) is 10.0 Å². The number of carbonyl (C=O) groups is 1. The van der Waals surface area contributed by atoms with Crippen molar-refractivity contribution < 1.29 is 17.9 Å². The van der Waals surface area contributed by atoms with E-state index in [0.717, 1.165) is 16.0 Å². The van der Waals surface area contributed by atoms with Gasteiger partial charge in [-0.2, -0.15) is 4.72 Å². The standard InChI is InChI=1S/C28H35ClN2O4S2/c1-19(2)30-18-27(21-9-7-6-8-10-21)17-28(27,25(32)35-26(3,4)5)31-37(33,34)24-16-15-23(36-24)20-11-13-22(29)14-12-20/h6-15,19,24,30-31H,16-18H2,1-5H3. The zero-order chi connectivity index (χ0) is 27.1. The third kappa shape index (κ3) is 5.93. The van der Waals surface area contributed by atoms with Crippen molar-refractivity contribution in [2.24, 2.45) is 0 Å².